The molecular weight excluding hydrogens is 382 g/mol. The van der Waals surface area contributed by atoms with E-state index in [9.17, 15) is 14.4 Å². The number of aryl methyl sites for hydroxylation is 1. The summed E-state index contributed by atoms with van der Waals surface area (Å²) in [6.45, 7) is 3.69. The normalized spacial score (nSPS) is 15.4. The molecule has 0 saturated carbocycles. The third-order valence-corrected chi connectivity index (χ3v) is 5.46. The van der Waals surface area contributed by atoms with Gasteiger partial charge in [0.15, 0.2) is 0 Å². The standard InChI is InChI=1S/C22H29N5O3/c1-4-5-12-26-14-15-27(22(30)21(26)29)19(17-9-7-6-8-10-17)20(28)25(3)16-18-23-11-13-24(18)2/h6-11,13,19H,4-5,12,14-16H2,1-3H3/t19-/m0/s1. The average molecular weight is 412 g/mol. The second-order valence-corrected chi connectivity index (χ2v) is 7.61. The van der Waals surface area contributed by atoms with Crippen LogP contribution < -0.4 is 0 Å². The molecule has 8 nitrogen and oxygen atoms in total. The summed E-state index contributed by atoms with van der Waals surface area (Å²) >= 11 is 0. The molecule has 0 unspecified atom stereocenters. The predicted molar refractivity (Wildman–Crippen MR) is 112 cm³/mol. The lowest BCUT2D eigenvalue weighted by atomic mass is 10.0. The Balaban J connectivity index is 1.85. The van der Waals surface area contributed by atoms with Crippen molar-refractivity contribution in [3.8, 4) is 0 Å². The first-order valence-corrected chi connectivity index (χ1v) is 10.3. The summed E-state index contributed by atoms with van der Waals surface area (Å²) in [5, 5.41) is 0. The fourth-order valence-corrected chi connectivity index (χ4v) is 3.64. The van der Waals surface area contributed by atoms with Gasteiger partial charge in [-0.2, -0.15) is 0 Å². The van der Waals surface area contributed by atoms with Gasteiger partial charge in [-0.15, -0.1) is 0 Å². The third-order valence-electron chi connectivity index (χ3n) is 5.46. The monoisotopic (exact) mass is 411 g/mol. The Hall–Kier alpha value is -3.16. The first-order chi connectivity index (χ1) is 14.4. The van der Waals surface area contributed by atoms with Gasteiger partial charge in [0.2, 0.25) is 5.91 Å². The van der Waals surface area contributed by atoms with Crippen LogP contribution in [0.4, 0.5) is 0 Å². The summed E-state index contributed by atoms with van der Waals surface area (Å²) in [6, 6.07) is 8.31. The van der Waals surface area contributed by atoms with E-state index in [-0.39, 0.29) is 5.91 Å². The largest absolute Gasteiger partial charge is 0.337 e. The zero-order valence-electron chi connectivity index (χ0n) is 17.8. The summed E-state index contributed by atoms with van der Waals surface area (Å²) < 4.78 is 1.85. The van der Waals surface area contributed by atoms with E-state index in [2.05, 4.69) is 4.98 Å². The van der Waals surface area contributed by atoms with Crippen molar-refractivity contribution >= 4 is 17.7 Å². The first kappa shape index (κ1) is 21.5. The lowest BCUT2D eigenvalue weighted by Gasteiger charge is -2.39. The molecule has 1 aromatic heterocycles. The van der Waals surface area contributed by atoms with Crippen LogP contribution in [-0.4, -0.2) is 68.7 Å². The second-order valence-electron chi connectivity index (χ2n) is 7.61. The van der Waals surface area contributed by atoms with E-state index in [1.165, 1.54) is 4.90 Å². The minimum atomic E-state index is -0.846. The molecule has 3 amide bonds. The van der Waals surface area contributed by atoms with Gasteiger partial charge in [0.25, 0.3) is 0 Å². The molecule has 160 valence electrons. The Kier molecular flexibility index (Phi) is 6.87. The van der Waals surface area contributed by atoms with Crippen LogP contribution in [-0.2, 0) is 28.0 Å². The van der Waals surface area contributed by atoms with Crippen LogP contribution in [0.25, 0.3) is 0 Å². The summed E-state index contributed by atoms with van der Waals surface area (Å²) in [6.07, 6.45) is 5.30. The predicted octanol–water partition coefficient (Wildman–Crippen LogP) is 1.59. The zero-order chi connectivity index (χ0) is 21.7. The van der Waals surface area contributed by atoms with Crippen molar-refractivity contribution in [2.45, 2.75) is 32.4 Å². The fraction of sp³-hybridized carbons (Fsp3) is 0.455. The molecule has 2 heterocycles. The van der Waals surface area contributed by atoms with Gasteiger partial charge in [-0.3, -0.25) is 14.4 Å². The van der Waals surface area contributed by atoms with E-state index < -0.39 is 17.9 Å². The maximum Gasteiger partial charge on any atom is 0.313 e. The molecule has 1 aliphatic rings. The van der Waals surface area contributed by atoms with E-state index in [0.717, 1.165) is 18.7 Å². The number of nitrogens with zero attached hydrogens (tertiary/aromatic N) is 5. The topological polar surface area (TPSA) is 78.8 Å². The first-order valence-electron chi connectivity index (χ1n) is 10.3. The number of carbonyl (C=O) groups is 3. The number of likely N-dealkylation sites (N-methyl/N-ethyl adjacent to an activating group) is 1. The van der Waals surface area contributed by atoms with E-state index in [4.69, 9.17) is 0 Å². The van der Waals surface area contributed by atoms with Gasteiger partial charge < -0.3 is 19.3 Å². The Labute approximate surface area is 177 Å². The van der Waals surface area contributed by atoms with Crippen molar-refractivity contribution in [3.63, 3.8) is 0 Å². The smallest absolute Gasteiger partial charge is 0.313 e. The number of hydrogen-bond acceptors (Lipinski definition) is 4. The molecule has 1 aliphatic heterocycles. The number of carbonyl (C=O) groups excluding carboxylic acids is 3. The molecule has 0 aliphatic carbocycles. The van der Waals surface area contributed by atoms with Crippen molar-refractivity contribution in [2.24, 2.45) is 7.05 Å². The Morgan fingerprint density at radius 3 is 2.53 bits per heavy atom. The summed E-state index contributed by atoms with van der Waals surface area (Å²) in [5.74, 6) is -0.656. The number of unbranched alkanes of at least 4 members (excludes halogenated alkanes) is 1. The van der Waals surface area contributed by atoms with E-state index >= 15 is 0 Å². The molecule has 8 heteroatoms. The quantitative estimate of drug-likeness (QED) is 0.618. The number of benzene rings is 1. The summed E-state index contributed by atoms with van der Waals surface area (Å²) in [4.78, 5) is 47.9. The molecule has 0 N–H and O–H groups in total. The highest BCUT2D eigenvalue weighted by molar-refractivity contribution is 6.35. The fourth-order valence-electron chi connectivity index (χ4n) is 3.64. The second kappa shape index (κ2) is 9.56. The maximum absolute atomic E-state index is 13.5. The number of rotatable bonds is 8. The average Bonchev–Trinajstić information content (AvgIpc) is 3.15. The maximum atomic E-state index is 13.5. The molecule has 1 atom stereocenters. The number of imidazole rings is 1. The van der Waals surface area contributed by atoms with Crippen LogP contribution in [0, 0.1) is 0 Å². The van der Waals surface area contributed by atoms with Gasteiger partial charge in [0.05, 0.1) is 6.54 Å². The molecule has 2 aromatic rings. The Morgan fingerprint density at radius 1 is 1.17 bits per heavy atom. The SMILES string of the molecule is CCCCN1CCN([C@H](C(=O)N(C)Cc2nccn2C)c2ccccc2)C(=O)C1=O. The molecular formula is C22H29N5O3. The van der Waals surface area contributed by atoms with Crippen LogP contribution in [0.1, 0.15) is 37.2 Å². The summed E-state index contributed by atoms with van der Waals surface area (Å²) in [5.41, 5.74) is 0.692. The van der Waals surface area contributed by atoms with Crippen LogP contribution in [0.15, 0.2) is 42.7 Å². The van der Waals surface area contributed by atoms with Crippen LogP contribution in [0.3, 0.4) is 0 Å². The number of amides is 3. The van der Waals surface area contributed by atoms with E-state index in [1.807, 2.05) is 55.1 Å². The highest BCUT2D eigenvalue weighted by atomic mass is 16.2. The number of aromatic nitrogens is 2. The Bertz CT molecular complexity index is 895. The number of hydrogen-bond donors (Lipinski definition) is 0. The molecule has 1 saturated heterocycles. The number of piperazine rings is 1. The van der Waals surface area contributed by atoms with Gasteiger partial charge in [-0.25, -0.2) is 4.98 Å². The van der Waals surface area contributed by atoms with Crippen molar-refractivity contribution in [1.82, 2.24) is 24.3 Å². The van der Waals surface area contributed by atoms with Gasteiger partial charge in [-0.1, -0.05) is 43.7 Å². The van der Waals surface area contributed by atoms with Crippen molar-refractivity contribution in [1.29, 1.82) is 0 Å². The molecule has 1 aromatic carbocycles. The lowest BCUT2D eigenvalue weighted by Crippen LogP contribution is -2.57. The molecule has 0 bridgehead atoms. The molecule has 3 rings (SSSR count). The van der Waals surface area contributed by atoms with Crippen LogP contribution >= 0.6 is 0 Å². The van der Waals surface area contributed by atoms with Crippen LogP contribution in [0.2, 0.25) is 0 Å². The minimum Gasteiger partial charge on any atom is -0.337 e. The summed E-state index contributed by atoms with van der Waals surface area (Å²) in [7, 11) is 3.56. The van der Waals surface area contributed by atoms with Crippen LogP contribution in [0.5, 0.6) is 0 Å². The van der Waals surface area contributed by atoms with Crippen molar-refractivity contribution < 1.29 is 14.4 Å². The third kappa shape index (κ3) is 4.53. The van der Waals surface area contributed by atoms with Gasteiger partial charge in [0, 0.05) is 46.1 Å². The van der Waals surface area contributed by atoms with Gasteiger partial charge in [0.1, 0.15) is 11.9 Å². The van der Waals surface area contributed by atoms with Crippen molar-refractivity contribution in [2.75, 3.05) is 26.7 Å². The highest BCUT2D eigenvalue weighted by Crippen LogP contribution is 2.26. The molecule has 0 radical (unpaired) electrons. The minimum absolute atomic E-state index is 0.243. The lowest BCUT2D eigenvalue weighted by molar-refractivity contribution is -0.161. The zero-order valence-corrected chi connectivity index (χ0v) is 17.8. The molecule has 1 fully saturated rings. The highest BCUT2D eigenvalue weighted by Gasteiger charge is 2.40. The molecule has 30 heavy (non-hydrogen) atoms. The van der Waals surface area contributed by atoms with E-state index in [0.29, 0.717) is 31.7 Å². The van der Waals surface area contributed by atoms with E-state index in [1.54, 1.807) is 23.0 Å². The van der Waals surface area contributed by atoms with Gasteiger partial charge >= 0.3 is 11.8 Å². The molecule has 0 spiro atoms. The van der Waals surface area contributed by atoms with Crippen molar-refractivity contribution in [3.05, 3.63) is 54.1 Å². The Morgan fingerprint density at radius 2 is 1.90 bits per heavy atom. The van der Waals surface area contributed by atoms with Gasteiger partial charge in [-0.05, 0) is 12.0 Å².